The van der Waals surface area contributed by atoms with E-state index in [0.717, 1.165) is 36.6 Å². The Morgan fingerprint density at radius 1 is 1.04 bits per heavy atom. The number of benzene rings is 2. The summed E-state index contributed by atoms with van der Waals surface area (Å²) in [6, 6.07) is 15.3. The van der Waals surface area contributed by atoms with E-state index in [0.29, 0.717) is 0 Å². The number of carbonyl (C=O) groups is 2. The predicted molar refractivity (Wildman–Crippen MR) is 117 cm³/mol. The Kier molecular flexibility index (Phi) is 7.28. The monoisotopic (exact) mass is 395 g/mol. The first kappa shape index (κ1) is 20.2. The van der Waals surface area contributed by atoms with E-state index in [4.69, 9.17) is 0 Å². The van der Waals surface area contributed by atoms with Gasteiger partial charge in [0, 0.05) is 55.5 Å². The van der Waals surface area contributed by atoms with Crippen molar-refractivity contribution >= 4 is 41.0 Å². The first-order valence-electron chi connectivity index (χ1n) is 9.34. The molecule has 0 spiro atoms. The minimum Gasteiger partial charge on any atom is -0.326 e. The van der Waals surface area contributed by atoms with Crippen molar-refractivity contribution in [2.75, 3.05) is 35.2 Å². The highest BCUT2D eigenvalue weighted by Crippen LogP contribution is 2.16. The highest BCUT2D eigenvalue weighted by Gasteiger charge is 2.11. The van der Waals surface area contributed by atoms with Crippen LogP contribution in [0.4, 0.5) is 11.4 Å². The lowest BCUT2D eigenvalue weighted by molar-refractivity contribution is -0.114. The molecule has 0 radical (unpaired) electrons. The molecule has 2 N–H and O–H groups in total. The third kappa shape index (κ3) is 6.55. The number of amides is 2. The Balaban J connectivity index is 1.54. The molecule has 146 valence electrons. The molecule has 1 aliphatic rings. The fourth-order valence-electron chi connectivity index (χ4n) is 3.00. The van der Waals surface area contributed by atoms with E-state index >= 15 is 0 Å². The molecule has 6 heteroatoms. The fourth-order valence-corrected chi connectivity index (χ4v) is 3.98. The molecule has 1 aliphatic heterocycles. The average molecular weight is 396 g/mol. The second kappa shape index (κ2) is 10.1. The van der Waals surface area contributed by atoms with Gasteiger partial charge in [-0.3, -0.25) is 14.5 Å². The third-order valence-electron chi connectivity index (χ3n) is 4.36. The molecule has 28 heavy (non-hydrogen) atoms. The van der Waals surface area contributed by atoms with Crippen LogP contribution in [0.3, 0.4) is 0 Å². The SMILES string of the molecule is CC(=O)Nc1ccc(/C=C/C(=O)Nc2cccc(CN3CCSCC3)c2)cc1. The maximum Gasteiger partial charge on any atom is 0.248 e. The maximum absolute atomic E-state index is 12.2. The van der Waals surface area contributed by atoms with E-state index < -0.39 is 0 Å². The third-order valence-corrected chi connectivity index (χ3v) is 5.31. The molecular formula is C22H25N3O2S. The van der Waals surface area contributed by atoms with Crippen LogP contribution < -0.4 is 10.6 Å². The van der Waals surface area contributed by atoms with Gasteiger partial charge in [-0.15, -0.1) is 0 Å². The van der Waals surface area contributed by atoms with E-state index in [2.05, 4.69) is 21.6 Å². The molecule has 0 aliphatic carbocycles. The second-order valence-corrected chi connectivity index (χ2v) is 7.94. The summed E-state index contributed by atoms with van der Waals surface area (Å²) in [5.41, 5.74) is 3.64. The predicted octanol–water partition coefficient (Wildman–Crippen LogP) is 3.85. The van der Waals surface area contributed by atoms with E-state index in [-0.39, 0.29) is 11.8 Å². The normalized spacial score (nSPS) is 14.8. The summed E-state index contributed by atoms with van der Waals surface area (Å²) in [5.74, 6) is 2.10. The lowest BCUT2D eigenvalue weighted by Crippen LogP contribution is -2.31. The standard InChI is InChI=1S/C22H25N3O2S/c1-17(26)23-20-8-5-18(6-9-20)7-10-22(27)24-21-4-2-3-19(15-21)16-25-11-13-28-14-12-25/h2-10,15H,11-14,16H2,1H3,(H,23,26)(H,24,27)/b10-7+. The van der Waals surface area contributed by atoms with Gasteiger partial charge in [0.2, 0.25) is 11.8 Å². The molecule has 3 rings (SSSR count). The van der Waals surface area contributed by atoms with Crippen molar-refractivity contribution in [3.63, 3.8) is 0 Å². The molecule has 5 nitrogen and oxygen atoms in total. The molecule has 0 aromatic heterocycles. The summed E-state index contributed by atoms with van der Waals surface area (Å²) in [7, 11) is 0. The number of hydrogen-bond acceptors (Lipinski definition) is 4. The quantitative estimate of drug-likeness (QED) is 0.730. The van der Waals surface area contributed by atoms with Crippen LogP contribution in [0.2, 0.25) is 0 Å². The minimum absolute atomic E-state index is 0.107. The molecule has 2 aromatic carbocycles. The molecule has 1 saturated heterocycles. The molecule has 1 fully saturated rings. The number of nitrogens with one attached hydrogen (secondary N) is 2. The zero-order valence-corrected chi connectivity index (χ0v) is 16.8. The van der Waals surface area contributed by atoms with Crippen molar-refractivity contribution in [2.45, 2.75) is 13.5 Å². The topological polar surface area (TPSA) is 61.4 Å². The van der Waals surface area contributed by atoms with Crippen molar-refractivity contribution in [1.82, 2.24) is 4.90 Å². The van der Waals surface area contributed by atoms with Crippen LogP contribution in [0, 0.1) is 0 Å². The van der Waals surface area contributed by atoms with Crippen molar-refractivity contribution < 1.29 is 9.59 Å². The average Bonchev–Trinajstić information content (AvgIpc) is 2.68. The zero-order valence-electron chi connectivity index (χ0n) is 16.0. The minimum atomic E-state index is -0.169. The molecule has 1 heterocycles. The summed E-state index contributed by atoms with van der Waals surface area (Å²) in [5, 5.41) is 5.64. The van der Waals surface area contributed by atoms with Crippen LogP contribution >= 0.6 is 11.8 Å². The van der Waals surface area contributed by atoms with Crippen molar-refractivity contribution in [3.05, 3.63) is 65.7 Å². The number of carbonyl (C=O) groups excluding carboxylic acids is 2. The highest BCUT2D eigenvalue weighted by atomic mass is 32.2. The molecule has 0 unspecified atom stereocenters. The summed E-state index contributed by atoms with van der Waals surface area (Å²) >= 11 is 2.00. The second-order valence-electron chi connectivity index (χ2n) is 6.71. The molecule has 0 bridgehead atoms. The van der Waals surface area contributed by atoms with Gasteiger partial charge in [0.1, 0.15) is 0 Å². The molecule has 0 saturated carbocycles. The first-order valence-corrected chi connectivity index (χ1v) is 10.5. The van der Waals surface area contributed by atoms with Gasteiger partial charge in [-0.05, 0) is 41.5 Å². The van der Waals surface area contributed by atoms with Crippen molar-refractivity contribution in [3.8, 4) is 0 Å². The number of thioether (sulfide) groups is 1. The van der Waals surface area contributed by atoms with E-state index in [1.165, 1.54) is 30.1 Å². The highest BCUT2D eigenvalue weighted by molar-refractivity contribution is 7.99. The maximum atomic E-state index is 12.2. The number of hydrogen-bond donors (Lipinski definition) is 2. The zero-order chi connectivity index (χ0) is 19.8. The number of anilines is 2. The molecule has 2 aromatic rings. The Morgan fingerprint density at radius 2 is 1.79 bits per heavy atom. The van der Waals surface area contributed by atoms with Gasteiger partial charge in [-0.25, -0.2) is 0 Å². The van der Waals surface area contributed by atoms with Gasteiger partial charge < -0.3 is 10.6 Å². The lowest BCUT2D eigenvalue weighted by Gasteiger charge is -2.26. The Morgan fingerprint density at radius 3 is 2.50 bits per heavy atom. The van der Waals surface area contributed by atoms with Gasteiger partial charge in [0.25, 0.3) is 0 Å². The summed E-state index contributed by atoms with van der Waals surface area (Å²) < 4.78 is 0. The summed E-state index contributed by atoms with van der Waals surface area (Å²) in [6.45, 7) is 4.62. The van der Waals surface area contributed by atoms with Crippen LogP contribution in [0.5, 0.6) is 0 Å². The number of rotatable bonds is 6. The van der Waals surface area contributed by atoms with Gasteiger partial charge in [0.05, 0.1) is 0 Å². The van der Waals surface area contributed by atoms with Crippen LogP contribution in [-0.2, 0) is 16.1 Å². The van der Waals surface area contributed by atoms with E-state index in [9.17, 15) is 9.59 Å². The molecule has 0 atom stereocenters. The summed E-state index contributed by atoms with van der Waals surface area (Å²) in [4.78, 5) is 25.7. The van der Waals surface area contributed by atoms with Crippen molar-refractivity contribution in [2.24, 2.45) is 0 Å². The van der Waals surface area contributed by atoms with Gasteiger partial charge in [-0.2, -0.15) is 11.8 Å². The first-order chi connectivity index (χ1) is 13.6. The Labute approximate surface area is 170 Å². The van der Waals surface area contributed by atoms with Crippen LogP contribution in [0.15, 0.2) is 54.6 Å². The Bertz CT molecular complexity index is 843. The lowest BCUT2D eigenvalue weighted by atomic mass is 10.1. The largest absolute Gasteiger partial charge is 0.326 e. The van der Waals surface area contributed by atoms with Gasteiger partial charge >= 0.3 is 0 Å². The Hall–Kier alpha value is -2.57. The van der Waals surface area contributed by atoms with Gasteiger partial charge in [0.15, 0.2) is 0 Å². The smallest absolute Gasteiger partial charge is 0.248 e. The number of nitrogens with zero attached hydrogens (tertiary/aromatic N) is 1. The molecular weight excluding hydrogens is 370 g/mol. The van der Waals surface area contributed by atoms with E-state index in [1.807, 2.05) is 54.2 Å². The summed E-state index contributed by atoms with van der Waals surface area (Å²) in [6.07, 6.45) is 3.27. The van der Waals surface area contributed by atoms with Crippen LogP contribution in [0.1, 0.15) is 18.1 Å². The van der Waals surface area contributed by atoms with E-state index in [1.54, 1.807) is 6.08 Å². The van der Waals surface area contributed by atoms with Crippen molar-refractivity contribution in [1.29, 1.82) is 0 Å². The van der Waals surface area contributed by atoms with Gasteiger partial charge in [-0.1, -0.05) is 24.3 Å². The van der Waals surface area contributed by atoms with Crippen LogP contribution in [-0.4, -0.2) is 41.3 Å². The molecule has 2 amide bonds. The fraction of sp³-hybridized carbons (Fsp3) is 0.273. The van der Waals surface area contributed by atoms with Crippen LogP contribution in [0.25, 0.3) is 6.08 Å².